The number of thiophene rings is 1. The van der Waals surface area contributed by atoms with Crippen molar-refractivity contribution in [2.24, 2.45) is 0 Å². The monoisotopic (exact) mass is 469 g/mol. The molecule has 1 heterocycles. The van der Waals surface area contributed by atoms with Crippen LogP contribution in [0.5, 0.6) is 5.75 Å². The van der Waals surface area contributed by atoms with E-state index in [1.165, 1.54) is 13.1 Å². The van der Waals surface area contributed by atoms with Crippen LogP contribution in [0.15, 0.2) is 40.6 Å². The molecule has 0 aliphatic heterocycles. The summed E-state index contributed by atoms with van der Waals surface area (Å²) in [6.45, 7) is 4.31. The van der Waals surface area contributed by atoms with E-state index in [1.54, 1.807) is 23.5 Å². The van der Waals surface area contributed by atoms with Crippen molar-refractivity contribution in [3.63, 3.8) is 0 Å². The van der Waals surface area contributed by atoms with Gasteiger partial charge in [0.05, 0.1) is 19.1 Å². The second-order valence-corrected chi connectivity index (χ2v) is 9.57. The van der Waals surface area contributed by atoms with Crippen LogP contribution in [0, 0.1) is 0 Å². The molecule has 1 aromatic carbocycles. The molecule has 0 aliphatic carbocycles. The Hall–Kier alpha value is -2.17. The predicted octanol–water partition coefficient (Wildman–Crippen LogP) is 3.13. The van der Waals surface area contributed by atoms with Gasteiger partial charge in [0.1, 0.15) is 10.6 Å². The van der Waals surface area contributed by atoms with Crippen LogP contribution in [0.25, 0.3) is 0 Å². The van der Waals surface area contributed by atoms with Crippen molar-refractivity contribution >= 4 is 44.6 Å². The van der Waals surface area contributed by atoms with Crippen molar-refractivity contribution in [1.29, 1.82) is 0 Å². The standard InChI is InChI=1S/C20H27N3O4S3/c1-4-10-27-16-9-8-14(12-18(16)30(25,26)23-20(28)21-3)13-19(24)22-15(5-2)17-7-6-11-29-17/h6-9,11-12,15H,4-5,10,13H2,1-3H3,(H,22,24)(H2,21,23,28). The van der Waals surface area contributed by atoms with Gasteiger partial charge in [0.15, 0.2) is 5.11 Å². The van der Waals surface area contributed by atoms with E-state index in [1.807, 2.05) is 31.4 Å². The molecule has 7 nitrogen and oxygen atoms in total. The van der Waals surface area contributed by atoms with Crippen molar-refractivity contribution in [3.8, 4) is 5.75 Å². The summed E-state index contributed by atoms with van der Waals surface area (Å²) < 4.78 is 33.5. The van der Waals surface area contributed by atoms with Gasteiger partial charge in [-0.1, -0.05) is 26.0 Å². The van der Waals surface area contributed by atoms with Gasteiger partial charge in [-0.2, -0.15) is 0 Å². The van der Waals surface area contributed by atoms with Crippen molar-refractivity contribution < 1.29 is 17.9 Å². The molecule has 0 radical (unpaired) electrons. The zero-order valence-electron chi connectivity index (χ0n) is 17.2. The van der Waals surface area contributed by atoms with Gasteiger partial charge in [0.25, 0.3) is 10.0 Å². The van der Waals surface area contributed by atoms with E-state index in [-0.39, 0.29) is 34.1 Å². The van der Waals surface area contributed by atoms with Crippen LogP contribution in [0.3, 0.4) is 0 Å². The van der Waals surface area contributed by atoms with Gasteiger partial charge in [0, 0.05) is 11.9 Å². The Kier molecular flexibility index (Phi) is 9.07. The Morgan fingerprint density at radius 3 is 2.63 bits per heavy atom. The lowest BCUT2D eigenvalue weighted by Crippen LogP contribution is -2.37. The number of carbonyl (C=O) groups is 1. The lowest BCUT2D eigenvalue weighted by molar-refractivity contribution is -0.121. The molecule has 0 aliphatic rings. The summed E-state index contributed by atoms with van der Waals surface area (Å²) in [5.41, 5.74) is 0.563. The summed E-state index contributed by atoms with van der Waals surface area (Å²) in [5.74, 6) is 0.0389. The number of hydrogen-bond acceptors (Lipinski definition) is 6. The fraction of sp³-hybridized carbons (Fsp3) is 0.400. The zero-order chi connectivity index (χ0) is 22.1. The number of ether oxygens (including phenoxy) is 1. The molecule has 1 unspecified atom stereocenters. The summed E-state index contributed by atoms with van der Waals surface area (Å²) in [7, 11) is -2.44. The van der Waals surface area contributed by atoms with Gasteiger partial charge in [-0.25, -0.2) is 8.42 Å². The van der Waals surface area contributed by atoms with Crippen molar-refractivity contribution in [2.75, 3.05) is 13.7 Å². The first-order valence-corrected chi connectivity index (χ1v) is 12.4. The summed E-state index contributed by atoms with van der Waals surface area (Å²) in [6, 6.07) is 8.60. The maximum atomic E-state index is 12.8. The number of nitrogens with one attached hydrogen (secondary N) is 3. The molecule has 164 valence electrons. The first-order chi connectivity index (χ1) is 14.3. The third-order valence-electron chi connectivity index (χ3n) is 4.21. The molecule has 0 saturated carbocycles. The fourth-order valence-electron chi connectivity index (χ4n) is 2.73. The highest BCUT2D eigenvalue weighted by Crippen LogP contribution is 2.26. The van der Waals surface area contributed by atoms with Crippen LogP contribution in [-0.2, 0) is 21.2 Å². The molecule has 2 aromatic rings. The minimum atomic E-state index is -3.96. The molecule has 1 aromatic heterocycles. The summed E-state index contributed by atoms with van der Waals surface area (Å²) in [6.07, 6.45) is 1.54. The highest BCUT2D eigenvalue weighted by molar-refractivity contribution is 7.92. The van der Waals surface area contributed by atoms with Crippen LogP contribution in [0.1, 0.15) is 43.2 Å². The quantitative estimate of drug-likeness (QED) is 0.463. The number of benzene rings is 1. The second kappa shape index (κ2) is 11.3. The third kappa shape index (κ3) is 6.68. The van der Waals surface area contributed by atoms with E-state index >= 15 is 0 Å². The van der Waals surface area contributed by atoms with Crippen LogP contribution in [0.4, 0.5) is 0 Å². The smallest absolute Gasteiger partial charge is 0.267 e. The summed E-state index contributed by atoms with van der Waals surface area (Å²) in [4.78, 5) is 13.6. The second-order valence-electron chi connectivity index (χ2n) is 6.53. The first kappa shape index (κ1) is 24.1. The Morgan fingerprint density at radius 1 is 1.27 bits per heavy atom. The number of sulfonamides is 1. The normalized spacial score (nSPS) is 12.1. The topological polar surface area (TPSA) is 96.5 Å². The van der Waals surface area contributed by atoms with Crippen molar-refractivity contribution in [2.45, 2.75) is 44.0 Å². The van der Waals surface area contributed by atoms with Gasteiger partial charge in [0.2, 0.25) is 5.91 Å². The molecule has 1 atom stereocenters. The van der Waals surface area contributed by atoms with Crippen molar-refractivity contribution in [1.82, 2.24) is 15.4 Å². The molecule has 0 saturated heterocycles. The fourth-order valence-corrected chi connectivity index (χ4v) is 5.07. The Bertz CT molecular complexity index is 960. The lowest BCUT2D eigenvalue weighted by atomic mass is 10.1. The molecule has 3 N–H and O–H groups in total. The van der Waals surface area contributed by atoms with E-state index in [9.17, 15) is 13.2 Å². The highest BCUT2D eigenvalue weighted by Gasteiger charge is 2.22. The SMILES string of the molecule is CCCOc1ccc(CC(=O)NC(CC)c2cccs2)cc1S(=O)(=O)NC(=S)NC. The number of thiocarbonyl (C=S) groups is 1. The molecular formula is C20H27N3O4S3. The highest BCUT2D eigenvalue weighted by atomic mass is 32.2. The van der Waals surface area contributed by atoms with Crippen LogP contribution >= 0.6 is 23.6 Å². The summed E-state index contributed by atoms with van der Waals surface area (Å²) in [5, 5.41) is 7.53. The minimum absolute atomic E-state index is 0.0266. The third-order valence-corrected chi connectivity index (χ3v) is 7.00. The Morgan fingerprint density at radius 2 is 2.03 bits per heavy atom. The average molecular weight is 470 g/mol. The average Bonchev–Trinajstić information content (AvgIpc) is 3.25. The number of carbonyl (C=O) groups excluding carboxylic acids is 1. The van der Waals surface area contributed by atoms with E-state index in [0.29, 0.717) is 12.2 Å². The molecule has 10 heteroatoms. The molecule has 0 fully saturated rings. The lowest BCUT2D eigenvalue weighted by Gasteiger charge is -2.17. The maximum Gasteiger partial charge on any atom is 0.267 e. The zero-order valence-corrected chi connectivity index (χ0v) is 19.7. The minimum Gasteiger partial charge on any atom is -0.492 e. The molecule has 2 rings (SSSR count). The molecule has 1 amide bonds. The molecular weight excluding hydrogens is 442 g/mol. The molecule has 0 spiro atoms. The van der Waals surface area contributed by atoms with Gasteiger partial charge in [-0.3, -0.25) is 9.52 Å². The largest absolute Gasteiger partial charge is 0.492 e. The molecule has 30 heavy (non-hydrogen) atoms. The maximum absolute atomic E-state index is 12.8. The Labute approximate surface area is 187 Å². The van der Waals surface area contributed by atoms with E-state index < -0.39 is 10.0 Å². The van der Waals surface area contributed by atoms with E-state index in [2.05, 4.69) is 15.4 Å². The number of amides is 1. The Balaban J connectivity index is 2.24. The van der Waals surface area contributed by atoms with Crippen LogP contribution in [0.2, 0.25) is 0 Å². The van der Waals surface area contributed by atoms with E-state index in [0.717, 1.165) is 17.7 Å². The van der Waals surface area contributed by atoms with Gasteiger partial charge in [-0.15, -0.1) is 11.3 Å². The van der Waals surface area contributed by atoms with Gasteiger partial charge in [-0.05, 0) is 54.2 Å². The summed E-state index contributed by atoms with van der Waals surface area (Å²) >= 11 is 6.52. The number of rotatable bonds is 10. The molecule has 0 bridgehead atoms. The van der Waals surface area contributed by atoms with E-state index in [4.69, 9.17) is 17.0 Å². The first-order valence-electron chi connectivity index (χ1n) is 9.63. The van der Waals surface area contributed by atoms with Gasteiger partial charge >= 0.3 is 0 Å². The van der Waals surface area contributed by atoms with Crippen LogP contribution in [-0.4, -0.2) is 33.1 Å². The van der Waals surface area contributed by atoms with Gasteiger partial charge < -0.3 is 15.4 Å². The number of hydrogen-bond donors (Lipinski definition) is 3. The predicted molar refractivity (Wildman–Crippen MR) is 123 cm³/mol. The van der Waals surface area contributed by atoms with Crippen LogP contribution < -0.4 is 20.1 Å². The van der Waals surface area contributed by atoms with Crippen molar-refractivity contribution in [3.05, 3.63) is 46.2 Å².